The molecule has 0 amide bonds. The van der Waals surface area contributed by atoms with Crippen LogP contribution < -0.4 is 4.90 Å². The van der Waals surface area contributed by atoms with E-state index in [1.165, 1.54) is 4.88 Å². The lowest BCUT2D eigenvalue weighted by atomic mass is 10.2. The summed E-state index contributed by atoms with van der Waals surface area (Å²) in [4.78, 5) is 22.6. The van der Waals surface area contributed by atoms with E-state index in [0.717, 1.165) is 5.39 Å². The van der Waals surface area contributed by atoms with E-state index in [1.807, 2.05) is 47.7 Å². The molecule has 0 atom stereocenters. The standard InChI is InChI=1S/C15H13N3O2S/c1-18(9-10-5-4-8-21-10)14-11-6-2-3-7-12(11)16-13(17-14)15(19)20/h2-8H,9H2,1H3,(H,19,20). The summed E-state index contributed by atoms with van der Waals surface area (Å²) < 4.78 is 0. The van der Waals surface area contributed by atoms with Gasteiger partial charge in [0.25, 0.3) is 0 Å². The number of benzene rings is 1. The van der Waals surface area contributed by atoms with Gasteiger partial charge in [-0.25, -0.2) is 14.8 Å². The first-order valence-electron chi connectivity index (χ1n) is 6.39. The predicted molar refractivity (Wildman–Crippen MR) is 82.9 cm³/mol. The van der Waals surface area contributed by atoms with Crippen LogP contribution in [0, 0.1) is 0 Å². The SMILES string of the molecule is CN(Cc1cccs1)c1nc(C(=O)O)nc2ccccc12. The maximum absolute atomic E-state index is 11.2. The molecule has 3 rings (SSSR count). The molecular formula is C15H13N3O2S. The Labute approximate surface area is 125 Å². The molecule has 5 nitrogen and oxygen atoms in total. The number of carboxylic acids is 1. The molecule has 0 aliphatic rings. The number of carboxylic acid groups (broad SMARTS) is 1. The number of para-hydroxylation sites is 1. The van der Waals surface area contributed by atoms with E-state index in [4.69, 9.17) is 5.11 Å². The summed E-state index contributed by atoms with van der Waals surface area (Å²) in [6.07, 6.45) is 0. The summed E-state index contributed by atoms with van der Waals surface area (Å²) in [5.41, 5.74) is 0.637. The molecule has 0 saturated heterocycles. The van der Waals surface area contributed by atoms with Gasteiger partial charge in [0.1, 0.15) is 5.82 Å². The third-order valence-electron chi connectivity index (χ3n) is 3.11. The molecule has 6 heteroatoms. The zero-order chi connectivity index (χ0) is 14.8. The van der Waals surface area contributed by atoms with Crippen molar-refractivity contribution in [1.29, 1.82) is 0 Å². The zero-order valence-electron chi connectivity index (χ0n) is 11.4. The topological polar surface area (TPSA) is 66.3 Å². The minimum atomic E-state index is -1.12. The molecule has 1 aromatic carbocycles. The van der Waals surface area contributed by atoms with Gasteiger partial charge >= 0.3 is 5.97 Å². The van der Waals surface area contributed by atoms with Crippen LogP contribution in [0.3, 0.4) is 0 Å². The Kier molecular flexibility index (Phi) is 3.53. The Bertz CT molecular complexity index is 787. The highest BCUT2D eigenvalue weighted by atomic mass is 32.1. The molecule has 21 heavy (non-hydrogen) atoms. The van der Waals surface area contributed by atoms with Crippen molar-refractivity contribution in [2.45, 2.75) is 6.54 Å². The van der Waals surface area contributed by atoms with Crippen molar-refractivity contribution in [1.82, 2.24) is 9.97 Å². The molecule has 2 aromatic heterocycles. The van der Waals surface area contributed by atoms with Gasteiger partial charge in [-0.3, -0.25) is 0 Å². The van der Waals surface area contributed by atoms with E-state index in [9.17, 15) is 4.79 Å². The molecule has 1 N–H and O–H groups in total. The van der Waals surface area contributed by atoms with Gasteiger partial charge < -0.3 is 10.0 Å². The minimum absolute atomic E-state index is 0.179. The fraction of sp³-hybridized carbons (Fsp3) is 0.133. The van der Waals surface area contributed by atoms with Crippen molar-refractivity contribution in [2.75, 3.05) is 11.9 Å². The quantitative estimate of drug-likeness (QED) is 0.802. The van der Waals surface area contributed by atoms with Crippen LogP contribution in [0.2, 0.25) is 0 Å². The molecule has 0 fully saturated rings. The lowest BCUT2D eigenvalue weighted by Gasteiger charge is -2.19. The smallest absolute Gasteiger partial charge is 0.374 e. The van der Waals surface area contributed by atoms with Crippen LogP contribution >= 0.6 is 11.3 Å². The molecule has 0 saturated carbocycles. The van der Waals surface area contributed by atoms with Gasteiger partial charge in [0.15, 0.2) is 0 Å². The molecule has 0 spiro atoms. The van der Waals surface area contributed by atoms with Gasteiger partial charge in [-0.1, -0.05) is 18.2 Å². The second-order valence-electron chi connectivity index (χ2n) is 4.63. The summed E-state index contributed by atoms with van der Waals surface area (Å²) in [7, 11) is 1.90. The highest BCUT2D eigenvalue weighted by Gasteiger charge is 2.15. The number of anilines is 1. The van der Waals surface area contributed by atoms with Gasteiger partial charge in [0.2, 0.25) is 5.82 Å². The van der Waals surface area contributed by atoms with Crippen LogP contribution in [-0.4, -0.2) is 28.1 Å². The predicted octanol–water partition coefficient (Wildman–Crippen LogP) is 3.03. The summed E-state index contributed by atoms with van der Waals surface area (Å²) in [5.74, 6) is -0.667. The number of aromatic carboxylic acids is 1. The van der Waals surface area contributed by atoms with Crippen molar-refractivity contribution < 1.29 is 9.90 Å². The highest BCUT2D eigenvalue weighted by molar-refractivity contribution is 7.09. The second kappa shape index (κ2) is 5.49. The summed E-state index contributed by atoms with van der Waals surface area (Å²) in [6, 6.07) is 11.5. The van der Waals surface area contributed by atoms with Crippen LogP contribution in [-0.2, 0) is 6.54 Å². The van der Waals surface area contributed by atoms with Gasteiger partial charge in [0, 0.05) is 17.3 Å². The Morgan fingerprint density at radius 2 is 2.05 bits per heavy atom. The third kappa shape index (κ3) is 2.71. The Morgan fingerprint density at radius 1 is 1.24 bits per heavy atom. The monoisotopic (exact) mass is 299 g/mol. The van der Waals surface area contributed by atoms with E-state index in [-0.39, 0.29) is 5.82 Å². The van der Waals surface area contributed by atoms with Crippen molar-refractivity contribution >= 4 is 34.0 Å². The zero-order valence-corrected chi connectivity index (χ0v) is 12.2. The Balaban J connectivity index is 2.08. The van der Waals surface area contributed by atoms with Gasteiger partial charge in [-0.2, -0.15) is 0 Å². The fourth-order valence-corrected chi connectivity index (χ4v) is 2.91. The van der Waals surface area contributed by atoms with Gasteiger partial charge in [0.05, 0.1) is 12.1 Å². The van der Waals surface area contributed by atoms with Crippen LogP contribution in [0.15, 0.2) is 41.8 Å². The number of hydrogen-bond acceptors (Lipinski definition) is 5. The third-order valence-corrected chi connectivity index (χ3v) is 3.97. The molecular weight excluding hydrogens is 286 g/mol. The average Bonchev–Trinajstić information content (AvgIpc) is 2.98. The van der Waals surface area contributed by atoms with Gasteiger partial charge in [-0.15, -0.1) is 11.3 Å². The van der Waals surface area contributed by atoms with Crippen molar-refractivity contribution in [2.24, 2.45) is 0 Å². The lowest BCUT2D eigenvalue weighted by Crippen LogP contribution is -2.19. The maximum atomic E-state index is 11.2. The Hall–Kier alpha value is -2.47. The van der Waals surface area contributed by atoms with Crippen LogP contribution in [0.5, 0.6) is 0 Å². The van der Waals surface area contributed by atoms with E-state index in [0.29, 0.717) is 17.9 Å². The van der Waals surface area contributed by atoms with Crippen molar-refractivity contribution in [3.05, 3.63) is 52.5 Å². The largest absolute Gasteiger partial charge is 0.475 e. The Morgan fingerprint density at radius 3 is 2.76 bits per heavy atom. The fourth-order valence-electron chi connectivity index (χ4n) is 2.16. The minimum Gasteiger partial charge on any atom is -0.475 e. The molecule has 2 heterocycles. The normalized spacial score (nSPS) is 10.7. The van der Waals surface area contributed by atoms with E-state index < -0.39 is 5.97 Å². The molecule has 0 aliphatic heterocycles. The number of nitrogens with zero attached hydrogens (tertiary/aromatic N) is 3. The van der Waals surface area contributed by atoms with E-state index in [2.05, 4.69) is 9.97 Å². The summed E-state index contributed by atoms with van der Waals surface area (Å²) in [5, 5.41) is 12.0. The number of fused-ring (bicyclic) bond motifs is 1. The first-order chi connectivity index (χ1) is 10.1. The van der Waals surface area contributed by atoms with Crippen LogP contribution in [0.25, 0.3) is 10.9 Å². The number of hydrogen-bond donors (Lipinski definition) is 1. The lowest BCUT2D eigenvalue weighted by molar-refractivity contribution is 0.0684. The molecule has 0 radical (unpaired) electrons. The summed E-state index contributed by atoms with van der Waals surface area (Å²) >= 11 is 1.66. The maximum Gasteiger partial charge on any atom is 0.374 e. The molecule has 0 bridgehead atoms. The first-order valence-corrected chi connectivity index (χ1v) is 7.26. The summed E-state index contributed by atoms with van der Waals surface area (Å²) in [6.45, 7) is 0.678. The average molecular weight is 299 g/mol. The van der Waals surface area contributed by atoms with E-state index in [1.54, 1.807) is 17.4 Å². The molecule has 106 valence electrons. The van der Waals surface area contributed by atoms with Crippen molar-refractivity contribution in [3.8, 4) is 0 Å². The second-order valence-corrected chi connectivity index (χ2v) is 5.66. The highest BCUT2D eigenvalue weighted by Crippen LogP contribution is 2.25. The van der Waals surface area contributed by atoms with E-state index >= 15 is 0 Å². The first kappa shape index (κ1) is 13.5. The number of thiophene rings is 1. The molecule has 0 aliphatic carbocycles. The van der Waals surface area contributed by atoms with Gasteiger partial charge in [-0.05, 0) is 23.6 Å². The number of rotatable bonds is 4. The molecule has 0 unspecified atom stereocenters. The number of carbonyl (C=O) groups is 1. The van der Waals surface area contributed by atoms with Crippen molar-refractivity contribution in [3.63, 3.8) is 0 Å². The number of aromatic nitrogens is 2. The van der Waals surface area contributed by atoms with Crippen LogP contribution in [0.4, 0.5) is 5.82 Å². The van der Waals surface area contributed by atoms with Crippen LogP contribution in [0.1, 0.15) is 15.5 Å². The molecule has 3 aromatic rings.